The molecule has 12 rings (SSSR count). The summed E-state index contributed by atoms with van der Waals surface area (Å²) < 4.78 is 0. The Balaban J connectivity index is 1.13. The van der Waals surface area contributed by atoms with Crippen LogP contribution in [0.4, 0.5) is 46.0 Å². The molecule has 0 radical (unpaired) electrons. The predicted octanol–water partition coefficient (Wildman–Crippen LogP) is 9.80. The molecule has 1 fully saturated rings. The van der Waals surface area contributed by atoms with Crippen LogP contribution in [0, 0.1) is 5.41 Å². The first-order chi connectivity index (χ1) is 26.1. The van der Waals surface area contributed by atoms with Crippen molar-refractivity contribution < 1.29 is 0 Å². The number of hydrogen-bond acceptors (Lipinski definition) is 8. The summed E-state index contributed by atoms with van der Waals surface area (Å²) in [6.45, 7) is 4.96. The first-order valence-corrected chi connectivity index (χ1v) is 18.4. The second kappa shape index (κ2) is 10.1. The zero-order chi connectivity index (χ0) is 35.1. The molecule has 0 N–H and O–H groups in total. The van der Waals surface area contributed by atoms with Gasteiger partial charge in [0.15, 0.2) is 23.3 Å². The maximum Gasteiger partial charge on any atom is 0.179 e. The lowest BCUT2D eigenvalue weighted by Crippen LogP contribution is -2.50. The van der Waals surface area contributed by atoms with Gasteiger partial charge in [0.05, 0.1) is 16.7 Å². The van der Waals surface area contributed by atoms with Gasteiger partial charge in [-0.3, -0.25) is 0 Å². The van der Waals surface area contributed by atoms with E-state index >= 15 is 0 Å². The van der Waals surface area contributed by atoms with Crippen LogP contribution in [0.15, 0.2) is 151 Å². The SMILES string of the molecule is CC12/C(=C3/CC4N(c5ccccc5)c5nccnc5N4c4ccccc43)C1(C)C1N(c3ccccc3)c3nc4ccccc4nc3N1c1ccccc12. The van der Waals surface area contributed by atoms with Crippen molar-refractivity contribution in [2.45, 2.75) is 38.0 Å². The van der Waals surface area contributed by atoms with Gasteiger partial charge in [0.1, 0.15) is 12.3 Å². The van der Waals surface area contributed by atoms with Crippen LogP contribution >= 0.6 is 0 Å². The molecule has 1 aliphatic carbocycles. The zero-order valence-electron chi connectivity index (χ0n) is 29.3. The minimum absolute atomic E-state index is 0.0342. The topological polar surface area (TPSA) is 64.5 Å². The van der Waals surface area contributed by atoms with Gasteiger partial charge in [0.25, 0.3) is 0 Å². The van der Waals surface area contributed by atoms with E-state index in [2.05, 4.69) is 155 Å². The molecule has 0 spiro atoms. The largest absolute Gasteiger partial charge is 0.302 e. The van der Waals surface area contributed by atoms with Crippen LogP contribution in [0.2, 0.25) is 0 Å². The highest BCUT2D eigenvalue weighted by molar-refractivity contribution is 5.99. The Morgan fingerprint density at radius 3 is 1.77 bits per heavy atom. The van der Waals surface area contributed by atoms with Crippen LogP contribution in [-0.4, -0.2) is 32.3 Å². The molecule has 0 amide bonds. The molecule has 8 heteroatoms. The number of aromatic nitrogens is 4. The van der Waals surface area contributed by atoms with Crippen molar-refractivity contribution in [1.29, 1.82) is 0 Å². The second-order valence-corrected chi connectivity index (χ2v) is 15.0. The summed E-state index contributed by atoms with van der Waals surface area (Å²) in [7, 11) is 0. The maximum atomic E-state index is 5.38. The Hall–Kier alpha value is -6.54. The smallest absolute Gasteiger partial charge is 0.179 e. The maximum absolute atomic E-state index is 5.38. The number of anilines is 8. The van der Waals surface area contributed by atoms with Crippen molar-refractivity contribution in [3.8, 4) is 0 Å². The highest BCUT2D eigenvalue weighted by Gasteiger charge is 2.78. The molecule has 0 bridgehead atoms. The van der Waals surface area contributed by atoms with E-state index in [-0.39, 0.29) is 23.2 Å². The first-order valence-electron chi connectivity index (χ1n) is 18.4. The Bertz CT molecular complexity index is 2700. The molecule has 7 aromatic rings. The Morgan fingerprint density at radius 1 is 0.528 bits per heavy atom. The monoisotopic (exact) mass is 686 g/mol. The van der Waals surface area contributed by atoms with Crippen molar-refractivity contribution in [1.82, 2.24) is 19.9 Å². The molecule has 254 valence electrons. The minimum atomic E-state index is -0.310. The van der Waals surface area contributed by atoms with E-state index in [9.17, 15) is 0 Å². The van der Waals surface area contributed by atoms with E-state index in [0.717, 1.165) is 57.8 Å². The number of hydrogen-bond donors (Lipinski definition) is 0. The first kappa shape index (κ1) is 29.1. The van der Waals surface area contributed by atoms with Gasteiger partial charge in [-0.2, -0.15) is 0 Å². The van der Waals surface area contributed by atoms with Crippen LogP contribution in [0.5, 0.6) is 0 Å². The Kier molecular flexibility index (Phi) is 5.53. The molecule has 5 aliphatic rings. The molecule has 1 saturated carbocycles. The summed E-state index contributed by atoms with van der Waals surface area (Å²) in [5.74, 6) is 3.58. The predicted molar refractivity (Wildman–Crippen MR) is 210 cm³/mol. The molecule has 53 heavy (non-hydrogen) atoms. The van der Waals surface area contributed by atoms with Crippen molar-refractivity contribution in [2.24, 2.45) is 5.41 Å². The van der Waals surface area contributed by atoms with Crippen molar-refractivity contribution in [2.75, 3.05) is 19.6 Å². The van der Waals surface area contributed by atoms with E-state index in [0.29, 0.717) is 0 Å². The Labute approximate surface area is 307 Å². The van der Waals surface area contributed by atoms with E-state index in [1.807, 2.05) is 24.5 Å². The van der Waals surface area contributed by atoms with Gasteiger partial charge < -0.3 is 19.6 Å². The van der Waals surface area contributed by atoms with Crippen molar-refractivity contribution in [3.63, 3.8) is 0 Å². The molecule has 8 nitrogen and oxygen atoms in total. The average molecular weight is 687 g/mol. The summed E-state index contributed by atoms with van der Waals surface area (Å²) >= 11 is 0. The summed E-state index contributed by atoms with van der Waals surface area (Å²) in [6.07, 6.45) is 4.29. The molecule has 6 heterocycles. The van der Waals surface area contributed by atoms with Gasteiger partial charge in [0, 0.05) is 52.3 Å². The highest BCUT2D eigenvalue weighted by atomic mass is 15.5. The van der Waals surface area contributed by atoms with E-state index in [1.54, 1.807) is 0 Å². The van der Waals surface area contributed by atoms with Crippen LogP contribution in [0.1, 0.15) is 31.4 Å². The summed E-state index contributed by atoms with van der Waals surface area (Å²) in [5, 5.41) is 0. The molecule has 5 aromatic carbocycles. The lowest BCUT2D eigenvalue weighted by molar-refractivity contribution is 0.376. The number of fused-ring (bicyclic) bond motifs is 14. The molecule has 4 unspecified atom stereocenters. The van der Waals surface area contributed by atoms with Crippen molar-refractivity contribution in [3.05, 3.63) is 163 Å². The standard InChI is InChI=1S/C45H34N8/c1-44-32-20-10-14-24-36(32)53-42-41(48-33-21-11-12-22-34(33)49-42)51(29-17-7-4-8-18-29)43(53)45(44,2)38(44)31-27-37-50(28-15-5-3-6-16-28)39-40(47-26-25-46-39)52(37)35-23-13-9-19-30(31)35/h3-26,37,43H,27H2,1-2H3/b38-31+. The number of benzene rings is 5. The number of para-hydroxylation sites is 6. The fourth-order valence-corrected chi connectivity index (χ4v) is 10.4. The lowest BCUT2D eigenvalue weighted by Gasteiger charge is -2.43. The second-order valence-electron chi connectivity index (χ2n) is 15.0. The van der Waals surface area contributed by atoms with E-state index < -0.39 is 0 Å². The summed E-state index contributed by atoms with van der Waals surface area (Å²) in [5.41, 5.74) is 11.3. The van der Waals surface area contributed by atoms with Gasteiger partial charge in [-0.05, 0) is 65.2 Å². The van der Waals surface area contributed by atoms with Gasteiger partial charge >= 0.3 is 0 Å². The molecule has 4 aliphatic heterocycles. The number of rotatable bonds is 2. The zero-order valence-corrected chi connectivity index (χ0v) is 29.3. The third-order valence-corrected chi connectivity index (χ3v) is 12.7. The fraction of sp³-hybridized carbons (Fsp3) is 0.156. The minimum Gasteiger partial charge on any atom is -0.302 e. The summed E-state index contributed by atoms with van der Waals surface area (Å²) in [6, 6.07) is 47.5. The van der Waals surface area contributed by atoms with E-state index in [4.69, 9.17) is 19.9 Å². The molecule has 2 aromatic heterocycles. The molecular weight excluding hydrogens is 653 g/mol. The molecule has 4 atom stereocenters. The highest BCUT2D eigenvalue weighted by Crippen LogP contribution is 2.80. The van der Waals surface area contributed by atoms with Crippen LogP contribution < -0.4 is 19.6 Å². The fourth-order valence-electron chi connectivity index (χ4n) is 10.4. The summed E-state index contributed by atoms with van der Waals surface area (Å²) in [4.78, 5) is 30.4. The average Bonchev–Trinajstić information content (AvgIpc) is 3.42. The van der Waals surface area contributed by atoms with Gasteiger partial charge in [-0.15, -0.1) is 0 Å². The van der Waals surface area contributed by atoms with Gasteiger partial charge in [-0.1, -0.05) is 98.8 Å². The number of nitrogens with zero attached hydrogens (tertiary/aromatic N) is 8. The normalized spacial score (nSPS) is 25.6. The molecule has 0 saturated heterocycles. The molecular formula is C45H34N8. The third-order valence-electron chi connectivity index (χ3n) is 12.7. The van der Waals surface area contributed by atoms with Crippen LogP contribution in [0.25, 0.3) is 16.6 Å². The van der Waals surface area contributed by atoms with Crippen LogP contribution in [-0.2, 0) is 5.41 Å². The van der Waals surface area contributed by atoms with E-state index in [1.165, 1.54) is 28.0 Å². The van der Waals surface area contributed by atoms with Crippen LogP contribution in [0.3, 0.4) is 0 Å². The quantitative estimate of drug-likeness (QED) is 0.178. The Morgan fingerprint density at radius 2 is 1.08 bits per heavy atom. The van der Waals surface area contributed by atoms with Gasteiger partial charge in [-0.25, -0.2) is 19.9 Å². The van der Waals surface area contributed by atoms with Gasteiger partial charge in [0.2, 0.25) is 0 Å². The van der Waals surface area contributed by atoms with Crippen molar-refractivity contribution >= 4 is 62.6 Å². The lowest BCUT2D eigenvalue weighted by atomic mass is 9.81. The third kappa shape index (κ3) is 3.51.